The van der Waals surface area contributed by atoms with Crippen LogP contribution in [0.5, 0.6) is 0 Å². The van der Waals surface area contributed by atoms with Gasteiger partial charge >= 0.3 is 6.03 Å². The molecular formula is C17H23FN4O2. The SMILES string of the molecule is CCC(CC)(CO)NC(=O)Nc1cc(C)n(-c2cccc(F)c2)n1. The first-order chi connectivity index (χ1) is 11.4. The standard InChI is InChI=1S/C17H23FN4O2/c1-4-17(5-2,11-23)20-16(24)19-15-9-12(3)22(21-15)14-8-6-7-13(18)10-14/h6-10,23H,4-5,11H2,1-3H3,(H2,19,20,21,24). The van der Waals surface area contributed by atoms with Gasteiger partial charge in [-0.1, -0.05) is 19.9 Å². The molecule has 0 saturated carbocycles. The monoisotopic (exact) mass is 334 g/mol. The summed E-state index contributed by atoms with van der Waals surface area (Å²) >= 11 is 0. The highest BCUT2D eigenvalue weighted by Gasteiger charge is 2.27. The van der Waals surface area contributed by atoms with Crippen LogP contribution in [-0.2, 0) is 0 Å². The quantitative estimate of drug-likeness (QED) is 0.760. The van der Waals surface area contributed by atoms with Gasteiger partial charge < -0.3 is 10.4 Å². The van der Waals surface area contributed by atoms with Crippen LogP contribution in [0.3, 0.4) is 0 Å². The van der Waals surface area contributed by atoms with Crippen molar-refractivity contribution in [2.75, 3.05) is 11.9 Å². The summed E-state index contributed by atoms with van der Waals surface area (Å²) in [6.45, 7) is 5.49. The van der Waals surface area contributed by atoms with E-state index in [1.807, 2.05) is 20.8 Å². The van der Waals surface area contributed by atoms with E-state index in [2.05, 4.69) is 15.7 Å². The summed E-state index contributed by atoms with van der Waals surface area (Å²) in [5.74, 6) is 0.00146. The fraction of sp³-hybridized carbons (Fsp3) is 0.412. The number of carbonyl (C=O) groups excluding carboxylic acids is 1. The minimum atomic E-state index is -0.649. The number of anilines is 1. The maximum atomic E-state index is 13.4. The molecule has 0 aliphatic heterocycles. The first kappa shape index (κ1) is 17.9. The second kappa shape index (κ2) is 7.44. The summed E-state index contributed by atoms with van der Waals surface area (Å²) < 4.78 is 14.9. The molecule has 0 saturated heterocycles. The molecule has 2 amide bonds. The van der Waals surface area contributed by atoms with Gasteiger partial charge in [-0.05, 0) is 38.0 Å². The number of carbonyl (C=O) groups is 1. The van der Waals surface area contributed by atoms with Crippen molar-refractivity contribution in [3.63, 3.8) is 0 Å². The summed E-state index contributed by atoms with van der Waals surface area (Å²) in [6.07, 6.45) is 1.23. The number of aromatic nitrogens is 2. The molecule has 0 aliphatic carbocycles. The highest BCUT2D eigenvalue weighted by atomic mass is 19.1. The molecule has 1 heterocycles. The zero-order chi connectivity index (χ0) is 17.7. The molecule has 0 unspecified atom stereocenters. The van der Waals surface area contributed by atoms with Gasteiger partial charge in [-0.2, -0.15) is 0 Å². The van der Waals surface area contributed by atoms with Crippen molar-refractivity contribution < 1.29 is 14.3 Å². The third-order valence-corrected chi connectivity index (χ3v) is 4.22. The number of nitrogens with one attached hydrogen (secondary N) is 2. The van der Waals surface area contributed by atoms with Crippen molar-refractivity contribution >= 4 is 11.8 Å². The van der Waals surface area contributed by atoms with Gasteiger partial charge in [0, 0.05) is 11.8 Å². The lowest BCUT2D eigenvalue weighted by atomic mass is 9.94. The smallest absolute Gasteiger partial charge is 0.320 e. The largest absolute Gasteiger partial charge is 0.394 e. The molecule has 0 aliphatic rings. The molecule has 0 spiro atoms. The molecule has 0 radical (unpaired) electrons. The predicted octanol–water partition coefficient (Wildman–Crippen LogP) is 2.99. The Morgan fingerprint density at radius 1 is 1.33 bits per heavy atom. The highest BCUT2D eigenvalue weighted by Crippen LogP contribution is 2.17. The van der Waals surface area contributed by atoms with Crippen molar-refractivity contribution in [1.82, 2.24) is 15.1 Å². The number of hydrogen-bond acceptors (Lipinski definition) is 3. The van der Waals surface area contributed by atoms with Gasteiger partial charge in [-0.3, -0.25) is 5.32 Å². The van der Waals surface area contributed by atoms with Crippen LogP contribution in [0.25, 0.3) is 5.69 Å². The number of hydrogen-bond donors (Lipinski definition) is 3. The van der Waals surface area contributed by atoms with Crippen LogP contribution in [0.1, 0.15) is 32.4 Å². The van der Waals surface area contributed by atoms with E-state index in [4.69, 9.17) is 0 Å². The van der Waals surface area contributed by atoms with Gasteiger partial charge in [-0.15, -0.1) is 5.10 Å². The fourth-order valence-corrected chi connectivity index (χ4v) is 2.48. The summed E-state index contributed by atoms with van der Waals surface area (Å²) in [5.41, 5.74) is 0.688. The van der Waals surface area contributed by atoms with Gasteiger partial charge in [0.15, 0.2) is 5.82 Å². The van der Waals surface area contributed by atoms with Crippen molar-refractivity contribution in [3.8, 4) is 5.69 Å². The number of aliphatic hydroxyl groups excluding tert-OH is 1. The fourth-order valence-electron chi connectivity index (χ4n) is 2.48. The molecule has 0 fully saturated rings. The second-order valence-electron chi connectivity index (χ2n) is 5.79. The summed E-state index contributed by atoms with van der Waals surface area (Å²) in [5, 5.41) is 19.3. The van der Waals surface area contributed by atoms with Gasteiger partial charge in [-0.25, -0.2) is 13.9 Å². The van der Waals surface area contributed by atoms with E-state index in [0.29, 0.717) is 24.3 Å². The summed E-state index contributed by atoms with van der Waals surface area (Å²) in [6, 6.07) is 7.33. The molecular weight excluding hydrogens is 311 g/mol. The first-order valence-electron chi connectivity index (χ1n) is 7.95. The van der Waals surface area contributed by atoms with Gasteiger partial charge in [0.2, 0.25) is 0 Å². The molecule has 2 aromatic rings. The molecule has 6 nitrogen and oxygen atoms in total. The van der Waals surface area contributed by atoms with Gasteiger partial charge in [0.05, 0.1) is 17.8 Å². The predicted molar refractivity (Wildman–Crippen MR) is 90.8 cm³/mol. The molecule has 0 atom stereocenters. The molecule has 130 valence electrons. The van der Waals surface area contributed by atoms with E-state index in [1.54, 1.807) is 22.9 Å². The third kappa shape index (κ3) is 3.91. The molecule has 3 N–H and O–H groups in total. The number of rotatable bonds is 6. The maximum absolute atomic E-state index is 13.4. The van der Waals surface area contributed by atoms with Gasteiger partial charge in [0.25, 0.3) is 0 Å². The molecule has 1 aromatic carbocycles. The lowest BCUT2D eigenvalue weighted by Crippen LogP contribution is -2.52. The van der Waals surface area contributed by atoms with Crippen LogP contribution in [0.4, 0.5) is 15.0 Å². The third-order valence-electron chi connectivity index (χ3n) is 4.22. The summed E-state index contributed by atoms with van der Waals surface area (Å²) in [4.78, 5) is 12.2. The van der Waals surface area contributed by atoms with Crippen LogP contribution in [0.2, 0.25) is 0 Å². The normalized spacial score (nSPS) is 11.4. The van der Waals surface area contributed by atoms with Crippen LogP contribution in [0, 0.1) is 12.7 Å². The molecule has 24 heavy (non-hydrogen) atoms. The zero-order valence-corrected chi connectivity index (χ0v) is 14.1. The first-order valence-corrected chi connectivity index (χ1v) is 7.95. The minimum Gasteiger partial charge on any atom is -0.394 e. The average molecular weight is 334 g/mol. The average Bonchev–Trinajstić information content (AvgIpc) is 2.93. The molecule has 0 bridgehead atoms. The highest BCUT2D eigenvalue weighted by molar-refractivity contribution is 5.88. The van der Waals surface area contributed by atoms with Crippen LogP contribution in [-0.4, -0.2) is 33.1 Å². The van der Waals surface area contributed by atoms with E-state index in [-0.39, 0.29) is 12.4 Å². The summed E-state index contributed by atoms with van der Waals surface area (Å²) in [7, 11) is 0. The Morgan fingerprint density at radius 2 is 2.04 bits per heavy atom. The maximum Gasteiger partial charge on any atom is 0.320 e. The van der Waals surface area contributed by atoms with E-state index in [1.165, 1.54) is 12.1 Å². The second-order valence-corrected chi connectivity index (χ2v) is 5.79. The van der Waals surface area contributed by atoms with Crippen LogP contribution in [0.15, 0.2) is 30.3 Å². The number of aliphatic hydroxyl groups is 1. The molecule has 1 aromatic heterocycles. The Bertz CT molecular complexity index is 702. The Hall–Kier alpha value is -2.41. The molecule has 2 rings (SSSR count). The lowest BCUT2D eigenvalue weighted by molar-refractivity contribution is 0.155. The van der Waals surface area contributed by atoms with E-state index >= 15 is 0 Å². The number of benzene rings is 1. The number of urea groups is 1. The van der Waals surface area contributed by atoms with Crippen molar-refractivity contribution in [1.29, 1.82) is 0 Å². The number of amides is 2. The number of aryl methyl sites for hydroxylation is 1. The topological polar surface area (TPSA) is 79.2 Å². The Morgan fingerprint density at radius 3 is 2.62 bits per heavy atom. The Kier molecular flexibility index (Phi) is 5.56. The minimum absolute atomic E-state index is 0.135. The van der Waals surface area contributed by atoms with Crippen molar-refractivity contribution in [2.45, 2.75) is 39.2 Å². The van der Waals surface area contributed by atoms with Crippen LogP contribution < -0.4 is 10.6 Å². The van der Waals surface area contributed by atoms with Gasteiger partial charge in [0.1, 0.15) is 5.82 Å². The van der Waals surface area contributed by atoms with E-state index in [9.17, 15) is 14.3 Å². The Balaban J connectivity index is 2.14. The Labute approximate surface area is 140 Å². The van der Waals surface area contributed by atoms with Crippen LogP contribution >= 0.6 is 0 Å². The number of nitrogens with zero attached hydrogens (tertiary/aromatic N) is 2. The van der Waals surface area contributed by atoms with E-state index in [0.717, 1.165) is 5.69 Å². The van der Waals surface area contributed by atoms with E-state index < -0.39 is 11.6 Å². The van der Waals surface area contributed by atoms with Crippen molar-refractivity contribution in [2.24, 2.45) is 0 Å². The van der Waals surface area contributed by atoms with Crippen molar-refractivity contribution in [3.05, 3.63) is 41.8 Å². The number of halogens is 1. The zero-order valence-electron chi connectivity index (χ0n) is 14.1. The molecule has 7 heteroatoms. The lowest BCUT2D eigenvalue weighted by Gasteiger charge is -2.30.